The lowest BCUT2D eigenvalue weighted by Crippen LogP contribution is -2.45. The van der Waals surface area contributed by atoms with E-state index in [1.165, 1.54) is 19.1 Å². The standard InChI is InChI=1S/C14H14F3NO/c1-8-9(2)12(6-3-10(8)7-18)13(19,11-4-5-11)14(15,16)17/h3,6,11,19H,4-5H2,1-2H3. The van der Waals surface area contributed by atoms with E-state index in [9.17, 15) is 18.3 Å². The first-order chi connectivity index (χ1) is 8.73. The molecular weight excluding hydrogens is 255 g/mol. The smallest absolute Gasteiger partial charge is 0.376 e. The summed E-state index contributed by atoms with van der Waals surface area (Å²) in [5.41, 5.74) is -1.76. The second-order valence-corrected chi connectivity index (χ2v) is 5.06. The van der Waals surface area contributed by atoms with Gasteiger partial charge in [-0.2, -0.15) is 18.4 Å². The first kappa shape index (κ1) is 13.9. The van der Waals surface area contributed by atoms with Gasteiger partial charge in [-0.25, -0.2) is 0 Å². The highest BCUT2D eigenvalue weighted by atomic mass is 19.4. The predicted octanol–water partition coefficient (Wildman–Crippen LogP) is 3.34. The molecule has 1 aliphatic carbocycles. The third kappa shape index (κ3) is 2.00. The quantitative estimate of drug-likeness (QED) is 0.894. The highest BCUT2D eigenvalue weighted by Gasteiger charge is 2.63. The summed E-state index contributed by atoms with van der Waals surface area (Å²) in [5.74, 6) is -0.779. The first-order valence-corrected chi connectivity index (χ1v) is 6.03. The van der Waals surface area contributed by atoms with Crippen LogP contribution in [0.5, 0.6) is 0 Å². The maximum absolute atomic E-state index is 13.3. The molecule has 5 heteroatoms. The monoisotopic (exact) mass is 269 g/mol. The van der Waals surface area contributed by atoms with E-state index in [-0.39, 0.29) is 5.56 Å². The molecule has 1 unspecified atom stereocenters. The van der Waals surface area contributed by atoms with Crippen LogP contribution in [0.3, 0.4) is 0 Å². The van der Waals surface area contributed by atoms with Crippen LogP contribution in [0.4, 0.5) is 13.2 Å². The molecule has 0 saturated heterocycles. The molecule has 0 bridgehead atoms. The normalized spacial score (nSPS) is 18.8. The van der Waals surface area contributed by atoms with Crippen molar-refractivity contribution in [1.82, 2.24) is 0 Å². The topological polar surface area (TPSA) is 44.0 Å². The molecule has 0 amide bonds. The Morgan fingerprint density at radius 3 is 2.21 bits per heavy atom. The number of halogens is 3. The summed E-state index contributed by atoms with van der Waals surface area (Å²) >= 11 is 0. The molecular formula is C14H14F3NO. The zero-order valence-electron chi connectivity index (χ0n) is 10.7. The molecule has 1 atom stereocenters. The van der Waals surface area contributed by atoms with Gasteiger partial charge in [0.25, 0.3) is 0 Å². The third-order valence-corrected chi connectivity index (χ3v) is 3.92. The molecule has 1 fully saturated rings. The van der Waals surface area contributed by atoms with E-state index >= 15 is 0 Å². The third-order valence-electron chi connectivity index (χ3n) is 3.92. The zero-order chi connectivity index (χ0) is 14.4. The molecule has 2 nitrogen and oxygen atoms in total. The van der Waals surface area contributed by atoms with Crippen molar-refractivity contribution in [1.29, 1.82) is 5.26 Å². The van der Waals surface area contributed by atoms with Gasteiger partial charge in [-0.3, -0.25) is 0 Å². The Bertz CT molecular complexity index is 555. The Balaban J connectivity index is 2.63. The van der Waals surface area contributed by atoms with Gasteiger partial charge >= 0.3 is 6.18 Å². The maximum Gasteiger partial charge on any atom is 0.421 e. The highest BCUT2D eigenvalue weighted by Crippen LogP contribution is 2.55. The molecule has 0 heterocycles. The van der Waals surface area contributed by atoms with Crippen molar-refractivity contribution < 1.29 is 18.3 Å². The second-order valence-electron chi connectivity index (χ2n) is 5.06. The largest absolute Gasteiger partial charge is 0.421 e. The number of rotatable bonds is 2. The van der Waals surface area contributed by atoms with Crippen LogP contribution in [-0.2, 0) is 5.60 Å². The molecule has 0 aromatic heterocycles. The van der Waals surface area contributed by atoms with Gasteiger partial charge < -0.3 is 5.11 Å². The van der Waals surface area contributed by atoms with E-state index in [1.54, 1.807) is 6.92 Å². The average Bonchev–Trinajstić information content (AvgIpc) is 3.14. The number of hydrogen-bond acceptors (Lipinski definition) is 2. The molecule has 2 rings (SSSR count). The first-order valence-electron chi connectivity index (χ1n) is 6.03. The van der Waals surface area contributed by atoms with Crippen molar-refractivity contribution >= 4 is 0 Å². The predicted molar refractivity (Wildman–Crippen MR) is 63.3 cm³/mol. The summed E-state index contributed by atoms with van der Waals surface area (Å²) in [6, 6.07) is 4.51. The number of nitriles is 1. The molecule has 0 aliphatic heterocycles. The Morgan fingerprint density at radius 1 is 1.21 bits per heavy atom. The van der Waals surface area contributed by atoms with E-state index in [4.69, 9.17) is 5.26 Å². The van der Waals surface area contributed by atoms with Crippen molar-refractivity contribution in [2.75, 3.05) is 0 Å². The molecule has 1 aromatic rings. The molecule has 102 valence electrons. The van der Waals surface area contributed by atoms with Gasteiger partial charge in [0, 0.05) is 5.92 Å². The lowest BCUT2D eigenvalue weighted by atomic mass is 9.83. The number of benzene rings is 1. The molecule has 1 saturated carbocycles. The molecule has 1 aliphatic rings. The molecule has 19 heavy (non-hydrogen) atoms. The average molecular weight is 269 g/mol. The minimum Gasteiger partial charge on any atom is -0.376 e. The fourth-order valence-electron chi connectivity index (χ4n) is 2.46. The Kier molecular flexibility index (Phi) is 3.10. The SMILES string of the molecule is Cc1c(C#N)ccc(C(O)(C2CC2)C(F)(F)F)c1C. The number of nitrogens with zero attached hydrogens (tertiary/aromatic N) is 1. The van der Waals surface area contributed by atoms with E-state index in [0.29, 0.717) is 29.5 Å². The lowest BCUT2D eigenvalue weighted by molar-refractivity contribution is -0.275. The highest BCUT2D eigenvalue weighted by molar-refractivity contribution is 5.48. The minimum atomic E-state index is -4.71. The number of hydrogen-bond donors (Lipinski definition) is 1. The van der Waals surface area contributed by atoms with E-state index in [1.807, 2.05) is 6.07 Å². The lowest BCUT2D eigenvalue weighted by Gasteiger charge is -2.33. The second kappa shape index (κ2) is 4.24. The van der Waals surface area contributed by atoms with E-state index < -0.39 is 17.7 Å². The fraction of sp³-hybridized carbons (Fsp3) is 0.500. The zero-order valence-corrected chi connectivity index (χ0v) is 10.7. The van der Waals surface area contributed by atoms with Crippen LogP contribution >= 0.6 is 0 Å². The van der Waals surface area contributed by atoms with Crippen molar-refractivity contribution in [3.63, 3.8) is 0 Å². The van der Waals surface area contributed by atoms with Crippen molar-refractivity contribution in [2.24, 2.45) is 5.92 Å². The number of alkyl halides is 3. The minimum absolute atomic E-state index is 0.126. The van der Waals surface area contributed by atoms with Gasteiger partial charge in [-0.1, -0.05) is 6.07 Å². The summed E-state index contributed by atoms with van der Waals surface area (Å²) in [7, 11) is 0. The maximum atomic E-state index is 13.3. The van der Waals surface area contributed by atoms with Gasteiger partial charge in [0.2, 0.25) is 0 Å². The van der Waals surface area contributed by atoms with Gasteiger partial charge in [0.05, 0.1) is 11.6 Å². The molecule has 1 N–H and O–H groups in total. The van der Waals surface area contributed by atoms with Crippen LogP contribution in [0, 0.1) is 31.1 Å². The molecule has 0 radical (unpaired) electrons. The summed E-state index contributed by atoms with van der Waals surface area (Å²) in [6.07, 6.45) is -3.97. The van der Waals surface area contributed by atoms with Crippen LogP contribution in [0.15, 0.2) is 12.1 Å². The van der Waals surface area contributed by atoms with E-state index in [0.717, 1.165) is 0 Å². The van der Waals surface area contributed by atoms with Crippen molar-refractivity contribution in [2.45, 2.75) is 38.5 Å². The molecule has 0 spiro atoms. The fourth-order valence-corrected chi connectivity index (χ4v) is 2.46. The Morgan fingerprint density at radius 2 is 1.79 bits per heavy atom. The van der Waals surface area contributed by atoms with Gasteiger partial charge in [0.15, 0.2) is 5.60 Å². The Hall–Kier alpha value is -1.54. The molecule has 1 aromatic carbocycles. The Labute approximate surface area is 109 Å². The summed E-state index contributed by atoms with van der Waals surface area (Å²) in [5, 5.41) is 19.1. The summed E-state index contributed by atoms with van der Waals surface area (Å²) < 4.78 is 39.8. The van der Waals surface area contributed by atoms with Crippen LogP contribution in [0.25, 0.3) is 0 Å². The van der Waals surface area contributed by atoms with E-state index in [2.05, 4.69) is 0 Å². The number of aliphatic hydroxyl groups is 1. The van der Waals surface area contributed by atoms with Gasteiger partial charge in [0.1, 0.15) is 0 Å². The van der Waals surface area contributed by atoms with Crippen LogP contribution < -0.4 is 0 Å². The summed E-state index contributed by atoms with van der Waals surface area (Å²) in [6.45, 7) is 3.12. The van der Waals surface area contributed by atoms with Crippen LogP contribution in [-0.4, -0.2) is 11.3 Å². The summed E-state index contributed by atoms with van der Waals surface area (Å²) in [4.78, 5) is 0. The van der Waals surface area contributed by atoms with Gasteiger partial charge in [-0.05, 0) is 49.4 Å². The van der Waals surface area contributed by atoms with Gasteiger partial charge in [-0.15, -0.1) is 0 Å². The van der Waals surface area contributed by atoms with Crippen molar-refractivity contribution in [3.05, 3.63) is 34.4 Å². The van der Waals surface area contributed by atoms with Crippen LogP contribution in [0.2, 0.25) is 0 Å². The van der Waals surface area contributed by atoms with Crippen LogP contribution in [0.1, 0.15) is 35.1 Å². The van der Waals surface area contributed by atoms with Crippen molar-refractivity contribution in [3.8, 4) is 6.07 Å².